The first-order valence-electron chi connectivity index (χ1n) is 9.11. The zero-order chi connectivity index (χ0) is 22.2. The largest absolute Gasteiger partial charge is 0.466 e. The maximum absolute atomic E-state index is 12.3. The SMILES string of the molecule is CCOC(=O)Cc1csc(NN=Cc2cccc(OC(=O)c3ccc(Cl)cc3Cl)c2)n1. The lowest BCUT2D eigenvalue weighted by molar-refractivity contribution is -0.142. The molecule has 31 heavy (non-hydrogen) atoms. The van der Waals surface area contributed by atoms with E-state index in [2.05, 4.69) is 15.5 Å². The standard InChI is InChI=1S/C21H17Cl2N3O4S/c1-2-29-19(27)10-15-12-31-21(25-15)26-24-11-13-4-3-5-16(8-13)30-20(28)17-7-6-14(22)9-18(17)23/h3-9,11-12H,2,10H2,1H3,(H,25,26). The summed E-state index contributed by atoms with van der Waals surface area (Å²) in [6.45, 7) is 2.09. The number of esters is 2. The maximum atomic E-state index is 12.3. The summed E-state index contributed by atoms with van der Waals surface area (Å²) in [7, 11) is 0. The van der Waals surface area contributed by atoms with Gasteiger partial charge in [0.2, 0.25) is 5.13 Å². The van der Waals surface area contributed by atoms with Gasteiger partial charge in [-0.25, -0.2) is 9.78 Å². The second kappa shape index (κ2) is 10.9. The van der Waals surface area contributed by atoms with Gasteiger partial charge in [-0.3, -0.25) is 10.2 Å². The number of halogens is 2. The monoisotopic (exact) mass is 477 g/mol. The highest BCUT2D eigenvalue weighted by Crippen LogP contribution is 2.23. The van der Waals surface area contributed by atoms with Gasteiger partial charge in [0, 0.05) is 10.4 Å². The molecule has 0 aliphatic carbocycles. The number of rotatable bonds is 8. The van der Waals surface area contributed by atoms with E-state index in [4.69, 9.17) is 32.7 Å². The Morgan fingerprint density at radius 2 is 2.06 bits per heavy atom. The van der Waals surface area contributed by atoms with Crippen molar-refractivity contribution in [2.75, 3.05) is 12.0 Å². The molecule has 1 N–H and O–H groups in total. The molecule has 160 valence electrons. The zero-order valence-electron chi connectivity index (χ0n) is 16.3. The molecule has 0 amide bonds. The first-order valence-corrected chi connectivity index (χ1v) is 10.7. The van der Waals surface area contributed by atoms with E-state index in [0.717, 1.165) is 0 Å². The minimum absolute atomic E-state index is 0.112. The number of hydrazone groups is 1. The normalized spacial score (nSPS) is 10.8. The number of carbonyl (C=O) groups is 2. The van der Waals surface area contributed by atoms with Crippen molar-refractivity contribution in [1.29, 1.82) is 0 Å². The van der Waals surface area contributed by atoms with E-state index in [0.29, 0.717) is 33.8 Å². The first kappa shape index (κ1) is 22.7. The van der Waals surface area contributed by atoms with Gasteiger partial charge in [-0.2, -0.15) is 5.10 Å². The molecule has 3 aromatic rings. The van der Waals surface area contributed by atoms with Crippen molar-refractivity contribution in [2.45, 2.75) is 13.3 Å². The lowest BCUT2D eigenvalue weighted by Crippen LogP contribution is -2.09. The van der Waals surface area contributed by atoms with E-state index >= 15 is 0 Å². The molecule has 0 saturated heterocycles. The third kappa shape index (κ3) is 6.78. The van der Waals surface area contributed by atoms with Crippen molar-refractivity contribution in [1.82, 2.24) is 4.98 Å². The Bertz CT molecular complexity index is 1120. The lowest BCUT2D eigenvalue weighted by Gasteiger charge is -2.06. The van der Waals surface area contributed by atoms with Gasteiger partial charge >= 0.3 is 11.9 Å². The third-order valence-electron chi connectivity index (χ3n) is 3.78. The topological polar surface area (TPSA) is 89.9 Å². The number of nitrogens with one attached hydrogen (secondary N) is 1. The number of aromatic nitrogens is 1. The van der Waals surface area contributed by atoms with Gasteiger partial charge in [-0.05, 0) is 42.8 Å². The molecule has 0 aliphatic rings. The summed E-state index contributed by atoms with van der Waals surface area (Å²) in [5.41, 5.74) is 4.33. The Labute approximate surface area is 192 Å². The van der Waals surface area contributed by atoms with Crippen molar-refractivity contribution in [3.63, 3.8) is 0 Å². The van der Waals surface area contributed by atoms with E-state index in [1.807, 2.05) is 0 Å². The van der Waals surface area contributed by atoms with E-state index in [-0.39, 0.29) is 23.0 Å². The quantitative estimate of drug-likeness (QED) is 0.207. The highest BCUT2D eigenvalue weighted by molar-refractivity contribution is 7.13. The van der Waals surface area contributed by atoms with Crippen LogP contribution in [0.25, 0.3) is 0 Å². The molecule has 0 unspecified atom stereocenters. The maximum Gasteiger partial charge on any atom is 0.345 e. The van der Waals surface area contributed by atoms with Crippen molar-refractivity contribution in [2.24, 2.45) is 5.10 Å². The van der Waals surface area contributed by atoms with Crippen LogP contribution in [0.1, 0.15) is 28.5 Å². The van der Waals surface area contributed by atoms with Gasteiger partial charge in [0.1, 0.15) is 5.75 Å². The third-order valence-corrected chi connectivity index (χ3v) is 5.12. The number of thiazole rings is 1. The van der Waals surface area contributed by atoms with Gasteiger partial charge in [0.15, 0.2) is 0 Å². The van der Waals surface area contributed by atoms with Crippen LogP contribution in [0.5, 0.6) is 5.75 Å². The molecule has 0 bridgehead atoms. The zero-order valence-corrected chi connectivity index (χ0v) is 18.6. The predicted octanol–water partition coefficient (Wildman–Crippen LogP) is 5.22. The van der Waals surface area contributed by atoms with E-state index in [1.54, 1.807) is 48.9 Å². The summed E-state index contributed by atoms with van der Waals surface area (Å²) in [5, 5.41) is 7.07. The van der Waals surface area contributed by atoms with Crippen LogP contribution in [0.4, 0.5) is 5.13 Å². The van der Waals surface area contributed by atoms with Crippen molar-refractivity contribution in [3.05, 3.63) is 74.7 Å². The molecule has 2 aromatic carbocycles. The molecular weight excluding hydrogens is 461 g/mol. The molecule has 3 rings (SSSR count). The Hall–Kier alpha value is -2.94. The Morgan fingerprint density at radius 3 is 2.84 bits per heavy atom. The van der Waals surface area contributed by atoms with Crippen LogP contribution in [0.15, 0.2) is 52.9 Å². The van der Waals surface area contributed by atoms with Crippen LogP contribution in [-0.4, -0.2) is 29.7 Å². The number of anilines is 1. The van der Waals surface area contributed by atoms with Crippen LogP contribution in [0.3, 0.4) is 0 Å². The molecule has 0 spiro atoms. The van der Waals surface area contributed by atoms with Crippen LogP contribution in [0, 0.1) is 0 Å². The summed E-state index contributed by atoms with van der Waals surface area (Å²) < 4.78 is 10.3. The Morgan fingerprint density at radius 1 is 1.23 bits per heavy atom. The fourth-order valence-electron chi connectivity index (χ4n) is 2.44. The minimum atomic E-state index is -0.592. The smallest absolute Gasteiger partial charge is 0.345 e. The van der Waals surface area contributed by atoms with Gasteiger partial charge in [0.05, 0.1) is 35.5 Å². The van der Waals surface area contributed by atoms with E-state index in [9.17, 15) is 9.59 Å². The van der Waals surface area contributed by atoms with Gasteiger partial charge in [0.25, 0.3) is 0 Å². The molecule has 0 aliphatic heterocycles. The Kier molecular flexibility index (Phi) is 8.00. The first-order chi connectivity index (χ1) is 14.9. The van der Waals surface area contributed by atoms with Gasteiger partial charge in [-0.1, -0.05) is 35.3 Å². The van der Waals surface area contributed by atoms with Gasteiger partial charge in [-0.15, -0.1) is 11.3 Å². The van der Waals surface area contributed by atoms with Crippen LogP contribution in [-0.2, 0) is 16.0 Å². The van der Waals surface area contributed by atoms with E-state index in [1.165, 1.54) is 23.5 Å². The van der Waals surface area contributed by atoms with E-state index < -0.39 is 5.97 Å². The van der Waals surface area contributed by atoms with Crippen molar-refractivity contribution >= 4 is 57.8 Å². The second-order valence-electron chi connectivity index (χ2n) is 6.08. The highest BCUT2D eigenvalue weighted by Gasteiger charge is 2.13. The Balaban J connectivity index is 1.59. The summed E-state index contributed by atoms with van der Waals surface area (Å²) in [5.74, 6) is -0.578. The predicted molar refractivity (Wildman–Crippen MR) is 122 cm³/mol. The number of benzene rings is 2. The summed E-state index contributed by atoms with van der Waals surface area (Å²) in [4.78, 5) is 28.1. The molecule has 10 heteroatoms. The molecule has 0 radical (unpaired) electrons. The molecule has 0 fully saturated rings. The highest BCUT2D eigenvalue weighted by atomic mass is 35.5. The number of nitrogens with zero attached hydrogens (tertiary/aromatic N) is 2. The molecule has 7 nitrogen and oxygen atoms in total. The summed E-state index contributed by atoms with van der Waals surface area (Å²) in [6.07, 6.45) is 1.67. The van der Waals surface area contributed by atoms with Crippen molar-refractivity contribution < 1.29 is 19.1 Å². The number of ether oxygens (including phenoxy) is 2. The summed E-state index contributed by atoms with van der Waals surface area (Å²) >= 11 is 13.2. The number of carbonyl (C=O) groups excluding carboxylic acids is 2. The molecule has 1 heterocycles. The fraction of sp³-hybridized carbons (Fsp3) is 0.143. The van der Waals surface area contributed by atoms with Crippen LogP contribution in [0.2, 0.25) is 10.0 Å². The molecule has 1 aromatic heterocycles. The number of hydrogen-bond acceptors (Lipinski definition) is 8. The molecule has 0 atom stereocenters. The summed E-state index contributed by atoms with van der Waals surface area (Å²) in [6, 6.07) is 11.4. The average Bonchev–Trinajstić information content (AvgIpc) is 3.15. The van der Waals surface area contributed by atoms with Gasteiger partial charge < -0.3 is 9.47 Å². The molecular formula is C21H17Cl2N3O4S. The number of hydrogen-bond donors (Lipinski definition) is 1. The average molecular weight is 478 g/mol. The van der Waals surface area contributed by atoms with Crippen LogP contribution >= 0.6 is 34.5 Å². The fourth-order valence-corrected chi connectivity index (χ4v) is 3.58. The second-order valence-corrected chi connectivity index (χ2v) is 7.78. The minimum Gasteiger partial charge on any atom is -0.466 e. The van der Waals surface area contributed by atoms with Crippen LogP contribution < -0.4 is 10.2 Å². The lowest BCUT2D eigenvalue weighted by atomic mass is 10.2. The molecule has 0 saturated carbocycles. The van der Waals surface area contributed by atoms with Crippen molar-refractivity contribution in [3.8, 4) is 5.75 Å².